The number of benzene rings is 1. The first-order valence-electron chi connectivity index (χ1n) is 8.92. The van der Waals surface area contributed by atoms with Crippen molar-refractivity contribution in [3.05, 3.63) is 48.0 Å². The highest BCUT2D eigenvalue weighted by Crippen LogP contribution is 2.25. The van der Waals surface area contributed by atoms with Crippen LogP contribution in [-0.4, -0.2) is 28.0 Å². The van der Waals surface area contributed by atoms with Gasteiger partial charge in [0.2, 0.25) is 5.91 Å². The number of aryl methyl sites for hydroxylation is 2. The molecule has 0 saturated heterocycles. The van der Waals surface area contributed by atoms with Crippen LogP contribution in [0.4, 0.5) is 5.69 Å². The lowest BCUT2D eigenvalue weighted by Crippen LogP contribution is -2.38. The fraction of sp³-hybridized carbons (Fsp3) is 0.474. The fourth-order valence-corrected chi connectivity index (χ4v) is 3.81. The van der Waals surface area contributed by atoms with Crippen LogP contribution in [0.2, 0.25) is 0 Å². The molecule has 2 aromatic rings. The lowest BCUT2D eigenvalue weighted by atomic mass is 9.95. The van der Waals surface area contributed by atoms with Gasteiger partial charge in [-0.3, -0.25) is 4.79 Å². The van der Waals surface area contributed by atoms with E-state index >= 15 is 0 Å². The van der Waals surface area contributed by atoms with Crippen LogP contribution in [0, 0.1) is 5.92 Å². The Bertz CT molecular complexity index is 724. The molecule has 0 radical (unpaired) electrons. The quantitative estimate of drug-likeness (QED) is 0.908. The van der Waals surface area contributed by atoms with Gasteiger partial charge >= 0.3 is 0 Å². The van der Waals surface area contributed by atoms with Crippen molar-refractivity contribution in [2.75, 3.05) is 11.9 Å². The predicted molar refractivity (Wildman–Crippen MR) is 93.8 cm³/mol. The number of carbonyl (C=O) groups excluding carboxylic acids is 1. The molecule has 0 fully saturated rings. The van der Waals surface area contributed by atoms with Crippen molar-refractivity contribution in [2.45, 2.75) is 44.7 Å². The molecule has 5 heteroatoms. The predicted octanol–water partition coefficient (Wildman–Crippen LogP) is 2.38. The van der Waals surface area contributed by atoms with E-state index in [9.17, 15) is 4.79 Å². The van der Waals surface area contributed by atoms with Crippen molar-refractivity contribution in [3.63, 3.8) is 0 Å². The van der Waals surface area contributed by atoms with Crippen LogP contribution >= 0.6 is 0 Å². The summed E-state index contributed by atoms with van der Waals surface area (Å²) in [5.41, 5.74) is 2.65. The number of anilines is 1. The van der Waals surface area contributed by atoms with Gasteiger partial charge in [-0.2, -0.15) is 0 Å². The van der Waals surface area contributed by atoms with Gasteiger partial charge in [0, 0.05) is 49.6 Å². The second-order valence-corrected chi connectivity index (χ2v) is 6.84. The van der Waals surface area contributed by atoms with Crippen molar-refractivity contribution in [2.24, 2.45) is 5.92 Å². The molecule has 5 nitrogen and oxygen atoms in total. The molecule has 1 amide bonds. The van der Waals surface area contributed by atoms with E-state index in [1.807, 2.05) is 12.4 Å². The van der Waals surface area contributed by atoms with E-state index in [-0.39, 0.29) is 11.8 Å². The molecule has 1 aromatic carbocycles. The molecule has 126 valence electrons. The molecular formula is C19H24N4O. The maximum Gasteiger partial charge on any atom is 0.223 e. The third-order valence-corrected chi connectivity index (χ3v) is 5.25. The highest BCUT2D eigenvalue weighted by atomic mass is 16.1. The maximum absolute atomic E-state index is 12.4. The summed E-state index contributed by atoms with van der Waals surface area (Å²) in [4.78, 5) is 16.7. The van der Waals surface area contributed by atoms with Gasteiger partial charge in [0.1, 0.15) is 5.82 Å². The van der Waals surface area contributed by atoms with Crippen LogP contribution in [0.5, 0.6) is 0 Å². The number of hydrogen-bond acceptors (Lipinski definition) is 3. The van der Waals surface area contributed by atoms with Gasteiger partial charge in [-0.05, 0) is 37.3 Å². The summed E-state index contributed by atoms with van der Waals surface area (Å²) in [6, 6.07) is 8.95. The fourth-order valence-electron chi connectivity index (χ4n) is 3.81. The third-order valence-electron chi connectivity index (χ3n) is 5.25. The number of para-hydroxylation sites is 1. The molecule has 2 N–H and O–H groups in total. The maximum atomic E-state index is 12.4. The van der Waals surface area contributed by atoms with Gasteiger partial charge in [-0.15, -0.1) is 0 Å². The van der Waals surface area contributed by atoms with E-state index in [0.29, 0.717) is 6.04 Å². The number of rotatable bonds is 4. The average molecular weight is 324 g/mol. The monoisotopic (exact) mass is 324 g/mol. The second-order valence-electron chi connectivity index (χ2n) is 6.84. The minimum Gasteiger partial charge on any atom is -0.382 e. The number of amides is 1. The Labute approximate surface area is 142 Å². The van der Waals surface area contributed by atoms with Crippen LogP contribution in [0.15, 0.2) is 36.7 Å². The van der Waals surface area contributed by atoms with E-state index in [4.69, 9.17) is 0 Å². The van der Waals surface area contributed by atoms with Crippen molar-refractivity contribution in [1.82, 2.24) is 14.9 Å². The van der Waals surface area contributed by atoms with Crippen molar-refractivity contribution in [1.29, 1.82) is 0 Å². The minimum atomic E-state index is 0.0694. The molecule has 0 bridgehead atoms. The van der Waals surface area contributed by atoms with Crippen LogP contribution in [-0.2, 0) is 24.2 Å². The van der Waals surface area contributed by atoms with E-state index in [1.165, 1.54) is 11.3 Å². The zero-order chi connectivity index (χ0) is 16.4. The van der Waals surface area contributed by atoms with Crippen molar-refractivity contribution < 1.29 is 4.79 Å². The first kappa shape index (κ1) is 15.2. The highest BCUT2D eigenvalue weighted by Gasteiger charge is 2.25. The van der Waals surface area contributed by atoms with Crippen LogP contribution in [0.25, 0.3) is 0 Å². The zero-order valence-corrected chi connectivity index (χ0v) is 13.9. The van der Waals surface area contributed by atoms with Gasteiger partial charge in [-0.25, -0.2) is 4.98 Å². The number of hydrogen-bond donors (Lipinski definition) is 2. The zero-order valence-electron chi connectivity index (χ0n) is 13.9. The summed E-state index contributed by atoms with van der Waals surface area (Å²) in [6.45, 7) is 1.64. The summed E-state index contributed by atoms with van der Waals surface area (Å²) < 4.78 is 2.15. The Morgan fingerprint density at radius 1 is 1.33 bits per heavy atom. The van der Waals surface area contributed by atoms with Crippen molar-refractivity contribution >= 4 is 11.6 Å². The van der Waals surface area contributed by atoms with Gasteiger partial charge < -0.3 is 15.2 Å². The number of nitrogens with zero attached hydrogens (tertiary/aromatic N) is 2. The summed E-state index contributed by atoms with van der Waals surface area (Å²) in [7, 11) is 0. The first-order valence-corrected chi connectivity index (χ1v) is 8.92. The lowest BCUT2D eigenvalue weighted by Gasteiger charge is -2.27. The summed E-state index contributed by atoms with van der Waals surface area (Å²) in [5.74, 6) is 1.28. The molecule has 2 aliphatic rings. The Kier molecular flexibility index (Phi) is 4.24. The van der Waals surface area contributed by atoms with E-state index in [0.717, 1.165) is 51.0 Å². The van der Waals surface area contributed by atoms with Crippen molar-refractivity contribution in [3.8, 4) is 0 Å². The molecule has 2 unspecified atom stereocenters. The molecule has 24 heavy (non-hydrogen) atoms. The number of carbonyl (C=O) groups is 1. The van der Waals surface area contributed by atoms with Gasteiger partial charge in [0.05, 0.1) is 0 Å². The van der Waals surface area contributed by atoms with E-state index in [1.54, 1.807) is 0 Å². The summed E-state index contributed by atoms with van der Waals surface area (Å²) in [6.07, 6.45) is 8.71. The Balaban J connectivity index is 1.24. The Morgan fingerprint density at radius 3 is 3.21 bits per heavy atom. The molecule has 0 aliphatic carbocycles. The third kappa shape index (κ3) is 3.16. The average Bonchev–Trinajstić information content (AvgIpc) is 3.09. The molecule has 2 atom stereocenters. The summed E-state index contributed by atoms with van der Waals surface area (Å²) >= 11 is 0. The van der Waals surface area contributed by atoms with Gasteiger partial charge in [0.25, 0.3) is 0 Å². The molecule has 1 aromatic heterocycles. The molecule has 2 aliphatic heterocycles. The normalized spacial score (nSPS) is 22.2. The number of aromatic nitrogens is 2. The summed E-state index contributed by atoms with van der Waals surface area (Å²) in [5, 5.41) is 6.73. The largest absolute Gasteiger partial charge is 0.382 e. The van der Waals surface area contributed by atoms with Gasteiger partial charge in [-0.1, -0.05) is 18.2 Å². The van der Waals surface area contributed by atoms with Crippen LogP contribution in [0.1, 0.15) is 30.7 Å². The SMILES string of the molecule is O=C(NCCC1CCc2ccccc2N1)C1CCn2ccnc2C1. The second kappa shape index (κ2) is 6.67. The number of imidazole rings is 1. The Morgan fingerprint density at radius 2 is 2.25 bits per heavy atom. The Hall–Kier alpha value is -2.30. The lowest BCUT2D eigenvalue weighted by molar-refractivity contribution is -0.125. The molecule has 4 rings (SSSR count). The molecular weight excluding hydrogens is 300 g/mol. The molecule has 0 spiro atoms. The number of fused-ring (bicyclic) bond motifs is 2. The highest BCUT2D eigenvalue weighted by molar-refractivity contribution is 5.78. The van der Waals surface area contributed by atoms with Crippen LogP contribution in [0.3, 0.4) is 0 Å². The number of nitrogens with one attached hydrogen (secondary N) is 2. The van der Waals surface area contributed by atoms with Crippen LogP contribution < -0.4 is 10.6 Å². The van der Waals surface area contributed by atoms with Gasteiger partial charge in [0.15, 0.2) is 0 Å². The van der Waals surface area contributed by atoms with E-state index < -0.39 is 0 Å². The minimum absolute atomic E-state index is 0.0694. The topological polar surface area (TPSA) is 59.0 Å². The van der Waals surface area contributed by atoms with E-state index in [2.05, 4.69) is 44.5 Å². The molecule has 0 saturated carbocycles. The molecule has 3 heterocycles. The smallest absolute Gasteiger partial charge is 0.223 e. The first-order chi connectivity index (χ1) is 11.8. The standard InChI is InChI=1S/C19H24N4O/c24-19(15-8-11-23-12-10-20-18(23)13-15)21-9-7-16-6-5-14-3-1-2-4-17(14)22-16/h1-4,10,12,15-16,22H,5-9,11,13H2,(H,21,24).